The molecule has 1 aromatic heterocycles. The van der Waals surface area contributed by atoms with E-state index in [2.05, 4.69) is 49.4 Å². The van der Waals surface area contributed by atoms with E-state index in [1.54, 1.807) is 4.68 Å². The van der Waals surface area contributed by atoms with Gasteiger partial charge in [0.05, 0.1) is 6.04 Å². The minimum absolute atomic E-state index is 0.268. The Morgan fingerprint density at radius 1 is 1.18 bits per heavy atom. The predicted octanol–water partition coefficient (Wildman–Crippen LogP) is 3.21. The van der Waals surface area contributed by atoms with Crippen molar-refractivity contribution in [3.8, 4) is 0 Å². The van der Waals surface area contributed by atoms with Crippen LogP contribution in [0, 0.1) is 13.8 Å². The van der Waals surface area contributed by atoms with Crippen LogP contribution in [-0.2, 0) is 7.05 Å². The van der Waals surface area contributed by atoms with Crippen molar-refractivity contribution in [1.29, 1.82) is 0 Å². The monoisotopic (exact) mass is 229 g/mol. The summed E-state index contributed by atoms with van der Waals surface area (Å²) in [6.45, 7) is 6.43. The first-order valence-corrected chi connectivity index (χ1v) is 5.89. The number of nitrogens with one attached hydrogen (secondary N) is 1. The smallest absolute Gasteiger partial charge is 0.148 e. The van der Waals surface area contributed by atoms with E-state index in [9.17, 15) is 0 Å². The first kappa shape index (κ1) is 11.7. The van der Waals surface area contributed by atoms with Gasteiger partial charge in [0.2, 0.25) is 0 Å². The zero-order valence-corrected chi connectivity index (χ0v) is 10.9. The van der Waals surface area contributed by atoms with Gasteiger partial charge in [-0.25, -0.2) is 0 Å². The van der Waals surface area contributed by atoms with E-state index in [0.717, 1.165) is 5.82 Å². The van der Waals surface area contributed by atoms with Gasteiger partial charge in [0, 0.05) is 19.3 Å². The molecule has 90 valence electrons. The molecule has 3 nitrogen and oxygen atoms in total. The molecule has 17 heavy (non-hydrogen) atoms. The van der Waals surface area contributed by atoms with Crippen LogP contribution in [0.1, 0.15) is 29.7 Å². The van der Waals surface area contributed by atoms with Crippen LogP contribution in [0.5, 0.6) is 0 Å². The van der Waals surface area contributed by atoms with Crippen molar-refractivity contribution in [2.45, 2.75) is 26.8 Å². The maximum absolute atomic E-state index is 4.32. The number of benzene rings is 1. The Morgan fingerprint density at radius 3 is 2.53 bits per heavy atom. The van der Waals surface area contributed by atoms with Gasteiger partial charge in [-0.3, -0.25) is 4.68 Å². The summed E-state index contributed by atoms with van der Waals surface area (Å²) in [5.74, 6) is 0.915. The lowest BCUT2D eigenvalue weighted by atomic mass is 10.0. The molecule has 1 heterocycles. The second kappa shape index (κ2) is 4.62. The molecule has 0 aliphatic heterocycles. The average molecular weight is 229 g/mol. The van der Waals surface area contributed by atoms with Gasteiger partial charge < -0.3 is 5.32 Å². The molecule has 0 radical (unpaired) electrons. The quantitative estimate of drug-likeness (QED) is 0.875. The van der Waals surface area contributed by atoms with Gasteiger partial charge in [-0.1, -0.05) is 18.2 Å². The molecule has 1 unspecified atom stereocenters. The molecule has 3 heteroatoms. The van der Waals surface area contributed by atoms with Gasteiger partial charge in [-0.2, -0.15) is 5.10 Å². The van der Waals surface area contributed by atoms with Gasteiger partial charge in [0.15, 0.2) is 0 Å². The second-order valence-electron chi connectivity index (χ2n) is 4.58. The summed E-state index contributed by atoms with van der Waals surface area (Å²) in [7, 11) is 1.92. The molecule has 0 aliphatic rings. The van der Waals surface area contributed by atoms with Crippen LogP contribution in [0.3, 0.4) is 0 Å². The first-order valence-electron chi connectivity index (χ1n) is 5.89. The topological polar surface area (TPSA) is 29.9 Å². The highest BCUT2D eigenvalue weighted by atomic mass is 15.3. The fraction of sp³-hybridized carbons (Fsp3) is 0.357. The number of aryl methyl sites for hydroxylation is 3. The molecule has 0 amide bonds. The molecular weight excluding hydrogens is 210 g/mol. The second-order valence-corrected chi connectivity index (χ2v) is 4.58. The van der Waals surface area contributed by atoms with Crippen LogP contribution in [0.4, 0.5) is 5.82 Å². The largest absolute Gasteiger partial charge is 0.362 e. The van der Waals surface area contributed by atoms with E-state index < -0.39 is 0 Å². The highest BCUT2D eigenvalue weighted by molar-refractivity contribution is 5.39. The fourth-order valence-corrected chi connectivity index (χ4v) is 1.83. The van der Waals surface area contributed by atoms with Crippen LogP contribution >= 0.6 is 0 Å². The summed E-state index contributed by atoms with van der Waals surface area (Å²) in [6.07, 6.45) is 1.94. The summed E-state index contributed by atoms with van der Waals surface area (Å²) in [4.78, 5) is 0. The Labute approximate surface area is 102 Å². The third-order valence-corrected chi connectivity index (χ3v) is 3.11. The molecular formula is C14H19N3. The third kappa shape index (κ3) is 2.67. The van der Waals surface area contributed by atoms with Crippen molar-refractivity contribution in [3.63, 3.8) is 0 Å². The maximum Gasteiger partial charge on any atom is 0.148 e. The standard InChI is InChI=1S/C14H19N3/c1-10-5-6-13(9-11(10)2)12(3)15-14-7-8-17(4)16-14/h5-9,12H,1-4H3,(H,15,16). The van der Waals surface area contributed by atoms with Gasteiger partial charge in [-0.05, 0) is 37.5 Å². The SMILES string of the molecule is Cc1ccc(C(C)Nc2ccn(C)n2)cc1C. The van der Waals surface area contributed by atoms with Crippen molar-refractivity contribution >= 4 is 5.82 Å². The van der Waals surface area contributed by atoms with Crippen molar-refractivity contribution < 1.29 is 0 Å². The third-order valence-electron chi connectivity index (χ3n) is 3.11. The van der Waals surface area contributed by atoms with Crippen molar-refractivity contribution in [2.75, 3.05) is 5.32 Å². The number of rotatable bonds is 3. The van der Waals surface area contributed by atoms with Gasteiger partial charge in [0.1, 0.15) is 5.82 Å². The Hall–Kier alpha value is -1.77. The maximum atomic E-state index is 4.32. The van der Waals surface area contributed by atoms with E-state index in [1.807, 2.05) is 19.3 Å². The lowest BCUT2D eigenvalue weighted by Crippen LogP contribution is -2.07. The molecule has 1 N–H and O–H groups in total. The molecule has 2 aromatic rings. The van der Waals surface area contributed by atoms with Crippen molar-refractivity contribution in [3.05, 3.63) is 47.2 Å². The number of hydrogen-bond acceptors (Lipinski definition) is 2. The van der Waals surface area contributed by atoms with Gasteiger partial charge in [0.25, 0.3) is 0 Å². The highest BCUT2D eigenvalue weighted by Crippen LogP contribution is 2.20. The molecule has 0 saturated carbocycles. The minimum Gasteiger partial charge on any atom is -0.362 e. The Morgan fingerprint density at radius 2 is 1.94 bits per heavy atom. The summed E-state index contributed by atoms with van der Waals surface area (Å²) >= 11 is 0. The summed E-state index contributed by atoms with van der Waals surface area (Å²) in [6, 6.07) is 8.82. The normalized spacial score (nSPS) is 12.5. The molecule has 0 saturated heterocycles. The summed E-state index contributed by atoms with van der Waals surface area (Å²) in [5, 5.41) is 7.72. The molecule has 1 aromatic carbocycles. The summed E-state index contributed by atoms with van der Waals surface area (Å²) in [5.41, 5.74) is 3.95. The van der Waals surface area contributed by atoms with Crippen LogP contribution < -0.4 is 5.32 Å². The molecule has 0 aliphatic carbocycles. The average Bonchev–Trinajstić information content (AvgIpc) is 2.68. The molecule has 0 bridgehead atoms. The molecule has 0 fully saturated rings. The number of anilines is 1. The Balaban J connectivity index is 2.14. The predicted molar refractivity (Wildman–Crippen MR) is 71.2 cm³/mol. The zero-order chi connectivity index (χ0) is 12.4. The van der Waals surface area contributed by atoms with Gasteiger partial charge in [-0.15, -0.1) is 0 Å². The summed E-state index contributed by atoms with van der Waals surface area (Å²) < 4.78 is 1.80. The van der Waals surface area contributed by atoms with E-state index in [-0.39, 0.29) is 6.04 Å². The van der Waals surface area contributed by atoms with Crippen LogP contribution in [-0.4, -0.2) is 9.78 Å². The number of hydrogen-bond donors (Lipinski definition) is 1. The Kier molecular flexibility index (Phi) is 3.18. The van der Waals surface area contributed by atoms with Crippen LogP contribution in [0.2, 0.25) is 0 Å². The van der Waals surface area contributed by atoms with Crippen LogP contribution in [0.15, 0.2) is 30.5 Å². The fourth-order valence-electron chi connectivity index (χ4n) is 1.83. The number of nitrogens with zero attached hydrogens (tertiary/aromatic N) is 2. The minimum atomic E-state index is 0.268. The van der Waals surface area contributed by atoms with E-state index in [1.165, 1.54) is 16.7 Å². The van der Waals surface area contributed by atoms with Crippen LogP contribution in [0.25, 0.3) is 0 Å². The molecule has 1 atom stereocenters. The van der Waals surface area contributed by atoms with E-state index in [0.29, 0.717) is 0 Å². The Bertz CT molecular complexity index is 514. The van der Waals surface area contributed by atoms with Crippen molar-refractivity contribution in [1.82, 2.24) is 9.78 Å². The van der Waals surface area contributed by atoms with Crippen molar-refractivity contribution in [2.24, 2.45) is 7.05 Å². The zero-order valence-electron chi connectivity index (χ0n) is 10.9. The van der Waals surface area contributed by atoms with E-state index >= 15 is 0 Å². The molecule has 2 rings (SSSR count). The molecule has 0 spiro atoms. The van der Waals surface area contributed by atoms with Gasteiger partial charge >= 0.3 is 0 Å². The van der Waals surface area contributed by atoms with E-state index in [4.69, 9.17) is 0 Å². The lowest BCUT2D eigenvalue weighted by Gasteiger charge is -2.15. The highest BCUT2D eigenvalue weighted by Gasteiger charge is 2.07. The lowest BCUT2D eigenvalue weighted by molar-refractivity contribution is 0.760. The first-order chi connectivity index (χ1) is 8.06. The number of aromatic nitrogens is 2.